The number of ether oxygens (including phenoxy) is 1. The summed E-state index contributed by atoms with van der Waals surface area (Å²) in [7, 11) is 0. The summed E-state index contributed by atoms with van der Waals surface area (Å²) in [6.07, 6.45) is -2.28. The van der Waals surface area contributed by atoms with Crippen molar-refractivity contribution < 1.29 is 23.0 Å². The lowest BCUT2D eigenvalue weighted by Gasteiger charge is -2.33. The van der Waals surface area contributed by atoms with Gasteiger partial charge in [0.1, 0.15) is 0 Å². The van der Waals surface area contributed by atoms with Crippen LogP contribution in [0.5, 0.6) is 0 Å². The Bertz CT molecular complexity index is 454. The van der Waals surface area contributed by atoms with Crippen LogP contribution in [0.4, 0.5) is 13.2 Å². The summed E-state index contributed by atoms with van der Waals surface area (Å²) in [5.74, 6) is -1.32. The van der Waals surface area contributed by atoms with E-state index in [1.807, 2.05) is 0 Å². The second-order valence-corrected chi connectivity index (χ2v) is 4.21. The summed E-state index contributed by atoms with van der Waals surface area (Å²) < 4.78 is 44.5. The highest BCUT2D eigenvalue weighted by Crippen LogP contribution is 2.43. The van der Waals surface area contributed by atoms with Gasteiger partial charge in [0.05, 0.1) is 12.9 Å². The molecule has 2 nitrogen and oxygen atoms in total. The fourth-order valence-corrected chi connectivity index (χ4v) is 1.85. The Morgan fingerprint density at radius 1 is 1.30 bits per heavy atom. The van der Waals surface area contributed by atoms with Crippen LogP contribution in [0.25, 0.3) is 0 Å². The topological polar surface area (TPSA) is 29.5 Å². The maximum absolute atomic E-state index is 13.2. The molecular weight excluding hydrogens is 269 g/mol. The zero-order valence-electron chi connectivity index (χ0n) is 11.1. The van der Waals surface area contributed by atoms with Crippen LogP contribution in [-0.4, -0.2) is 23.5 Å². The minimum Gasteiger partial charge on any atom is -0.502 e. The molecule has 0 amide bonds. The fourth-order valence-electron chi connectivity index (χ4n) is 1.85. The minimum atomic E-state index is -4.85. The van der Waals surface area contributed by atoms with E-state index >= 15 is 0 Å². The molecule has 0 aliphatic rings. The predicted molar refractivity (Wildman–Crippen MR) is 71.2 cm³/mol. The van der Waals surface area contributed by atoms with Gasteiger partial charge in [0.2, 0.25) is 0 Å². The molecule has 110 valence electrons. The van der Waals surface area contributed by atoms with Crippen LogP contribution in [0, 0.1) is 0 Å². The van der Waals surface area contributed by atoms with Crippen LogP contribution in [0.3, 0.4) is 0 Å². The Balaban J connectivity index is 3.24. The molecule has 0 spiro atoms. The van der Waals surface area contributed by atoms with Gasteiger partial charge in [-0.1, -0.05) is 36.4 Å². The van der Waals surface area contributed by atoms with E-state index in [1.165, 1.54) is 12.1 Å². The molecule has 2 atom stereocenters. The number of halogens is 3. The van der Waals surface area contributed by atoms with E-state index in [0.29, 0.717) is 11.6 Å². The highest BCUT2D eigenvalue weighted by atomic mass is 19.4. The Hall–Kier alpha value is -1.75. The molecule has 1 N–H and O–H groups in total. The summed E-state index contributed by atoms with van der Waals surface area (Å²) in [4.78, 5) is 0. The van der Waals surface area contributed by atoms with Crippen molar-refractivity contribution in [2.45, 2.75) is 24.6 Å². The highest BCUT2D eigenvalue weighted by molar-refractivity contribution is 5.31. The normalized spacial score (nSPS) is 16.6. The fraction of sp³-hybridized carbons (Fsp3) is 0.333. The number of aliphatic hydroxyl groups is 1. The first-order valence-corrected chi connectivity index (χ1v) is 6.12. The first-order valence-electron chi connectivity index (χ1n) is 6.12. The molecule has 0 aliphatic heterocycles. The molecule has 20 heavy (non-hydrogen) atoms. The summed E-state index contributed by atoms with van der Waals surface area (Å²) >= 11 is 0. The van der Waals surface area contributed by atoms with Gasteiger partial charge in [0, 0.05) is 5.92 Å². The van der Waals surface area contributed by atoms with Crippen molar-refractivity contribution >= 4 is 0 Å². The molecule has 1 aromatic rings. The van der Waals surface area contributed by atoms with E-state index in [1.54, 1.807) is 25.1 Å². The molecule has 0 aliphatic carbocycles. The maximum Gasteiger partial charge on any atom is 0.421 e. The Morgan fingerprint density at radius 2 is 1.90 bits per heavy atom. The van der Waals surface area contributed by atoms with Crippen LogP contribution >= 0.6 is 0 Å². The SMILES string of the molecule is C=CC(c1ccccc1)C(O)(/C=C/OCC)C(F)(F)F. The van der Waals surface area contributed by atoms with E-state index in [4.69, 9.17) is 4.74 Å². The second-order valence-electron chi connectivity index (χ2n) is 4.21. The molecule has 0 bridgehead atoms. The van der Waals surface area contributed by atoms with Crippen LogP contribution < -0.4 is 0 Å². The van der Waals surface area contributed by atoms with Gasteiger partial charge in [0.15, 0.2) is 5.60 Å². The van der Waals surface area contributed by atoms with Crippen molar-refractivity contribution in [3.8, 4) is 0 Å². The molecule has 0 heterocycles. The molecule has 0 radical (unpaired) electrons. The molecule has 0 saturated carbocycles. The van der Waals surface area contributed by atoms with Crippen molar-refractivity contribution in [2.24, 2.45) is 0 Å². The number of benzene rings is 1. The Morgan fingerprint density at radius 3 is 2.35 bits per heavy atom. The van der Waals surface area contributed by atoms with Crippen LogP contribution in [0.1, 0.15) is 18.4 Å². The Kier molecular flexibility index (Phi) is 5.39. The second kappa shape index (κ2) is 6.61. The standard InChI is InChI=1S/C15H17F3O2/c1-3-13(12-8-6-5-7-9-12)14(19,15(16,17)18)10-11-20-4-2/h3,5-11,13,19H,1,4H2,2H3/b11-10+. The predicted octanol–water partition coefficient (Wildman–Crippen LogP) is 3.80. The molecule has 1 aromatic carbocycles. The van der Waals surface area contributed by atoms with Crippen LogP contribution in [0.15, 0.2) is 55.3 Å². The molecule has 2 unspecified atom stereocenters. The Labute approximate surface area is 116 Å². The van der Waals surface area contributed by atoms with E-state index in [9.17, 15) is 18.3 Å². The van der Waals surface area contributed by atoms with E-state index in [2.05, 4.69) is 6.58 Å². The lowest BCUT2D eigenvalue weighted by Crippen LogP contribution is -2.48. The summed E-state index contributed by atoms with van der Waals surface area (Å²) in [6, 6.07) is 7.92. The zero-order chi connectivity index (χ0) is 15.2. The maximum atomic E-state index is 13.2. The van der Waals surface area contributed by atoms with Crippen LogP contribution in [-0.2, 0) is 4.74 Å². The summed E-state index contributed by atoms with van der Waals surface area (Å²) in [5, 5.41) is 10.1. The summed E-state index contributed by atoms with van der Waals surface area (Å²) in [5.41, 5.74) is -2.74. The first kappa shape index (κ1) is 16.3. The number of rotatable bonds is 6. The molecular formula is C15H17F3O2. The van der Waals surface area contributed by atoms with Gasteiger partial charge in [-0.2, -0.15) is 13.2 Å². The molecule has 0 aromatic heterocycles. The van der Waals surface area contributed by atoms with Gasteiger partial charge >= 0.3 is 6.18 Å². The van der Waals surface area contributed by atoms with Crippen LogP contribution in [0.2, 0.25) is 0 Å². The van der Waals surface area contributed by atoms with Gasteiger partial charge in [-0.3, -0.25) is 0 Å². The molecule has 0 saturated heterocycles. The average molecular weight is 286 g/mol. The quantitative estimate of drug-likeness (QED) is 0.636. The third-order valence-corrected chi connectivity index (χ3v) is 2.91. The third kappa shape index (κ3) is 3.42. The monoisotopic (exact) mass is 286 g/mol. The molecule has 0 fully saturated rings. The average Bonchev–Trinajstić information content (AvgIpc) is 2.40. The molecule has 1 rings (SSSR count). The van der Waals surface area contributed by atoms with Gasteiger partial charge in [-0.05, 0) is 18.6 Å². The third-order valence-electron chi connectivity index (χ3n) is 2.91. The van der Waals surface area contributed by atoms with E-state index < -0.39 is 17.7 Å². The number of alkyl halides is 3. The van der Waals surface area contributed by atoms with Crippen molar-refractivity contribution in [3.63, 3.8) is 0 Å². The van der Waals surface area contributed by atoms with Gasteiger partial charge in [-0.25, -0.2) is 0 Å². The van der Waals surface area contributed by atoms with Gasteiger partial charge in [0.25, 0.3) is 0 Å². The van der Waals surface area contributed by atoms with Crippen molar-refractivity contribution in [2.75, 3.05) is 6.61 Å². The minimum absolute atomic E-state index is 0.217. The summed E-state index contributed by atoms with van der Waals surface area (Å²) in [6.45, 7) is 5.27. The lowest BCUT2D eigenvalue weighted by atomic mass is 9.81. The smallest absolute Gasteiger partial charge is 0.421 e. The zero-order valence-corrected chi connectivity index (χ0v) is 11.1. The van der Waals surface area contributed by atoms with Crippen molar-refractivity contribution in [3.05, 3.63) is 60.9 Å². The van der Waals surface area contributed by atoms with Gasteiger partial charge in [-0.15, -0.1) is 6.58 Å². The molecule has 5 heteroatoms. The number of hydrogen-bond acceptors (Lipinski definition) is 2. The number of hydrogen-bond donors (Lipinski definition) is 1. The van der Waals surface area contributed by atoms with Crippen molar-refractivity contribution in [1.82, 2.24) is 0 Å². The van der Waals surface area contributed by atoms with E-state index in [0.717, 1.165) is 12.3 Å². The lowest BCUT2D eigenvalue weighted by molar-refractivity contribution is -0.244. The first-order chi connectivity index (χ1) is 9.36. The van der Waals surface area contributed by atoms with Gasteiger partial charge < -0.3 is 9.84 Å². The largest absolute Gasteiger partial charge is 0.502 e. The highest BCUT2D eigenvalue weighted by Gasteiger charge is 2.56. The van der Waals surface area contributed by atoms with Crippen molar-refractivity contribution in [1.29, 1.82) is 0 Å². The van der Waals surface area contributed by atoms with E-state index in [-0.39, 0.29) is 6.61 Å².